The van der Waals surface area contributed by atoms with Crippen LogP contribution in [0.3, 0.4) is 0 Å². The van der Waals surface area contributed by atoms with Crippen LogP contribution in [0.25, 0.3) is 0 Å². The van der Waals surface area contributed by atoms with Crippen molar-refractivity contribution in [3.05, 3.63) is 9.88 Å². The molecule has 21 heavy (non-hydrogen) atoms. The van der Waals surface area contributed by atoms with E-state index in [9.17, 15) is 9.59 Å². The SMILES string of the molecule is Cc1sc(C(=O)NC2CCCCC2)nc1NC(=O)C(C)N. The second-order valence-electron chi connectivity index (χ2n) is 5.51. The van der Waals surface area contributed by atoms with Gasteiger partial charge in [-0.3, -0.25) is 9.59 Å². The molecule has 2 rings (SSSR count). The molecule has 1 aromatic rings. The largest absolute Gasteiger partial charge is 0.347 e. The van der Waals surface area contributed by atoms with E-state index >= 15 is 0 Å². The molecule has 6 nitrogen and oxygen atoms in total. The minimum absolute atomic E-state index is 0.156. The van der Waals surface area contributed by atoms with Crippen molar-refractivity contribution in [3.63, 3.8) is 0 Å². The zero-order valence-electron chi connectivity index (χ0n) is 12.4. The Bertz CT molecular complexity index is 521. The summed E-state index contributed by atoms with van der Waals surface area (Å²) in [6, 6.07) is -0.358. The summed E-state index contributed by atoms with van der Waals surface area (Å²) in [5.74, 6) is -0.0324. The van der Waals surface area contributed by atoms with Gasteiger partial charge in [0, 0.05) is 10.9 Å². The Balaban J connectivity index is 2.00. The van der Waals surface area contributed by atoms with Crippen molar-refractivity contribution in [2.24, 2.45) is 5.73 Å². The van der Waals surface area contributed by atoms with Gasteiger partial charge in [0.25, 0.3) is 5.91 Å². The van der Waals surface area contributed by atoms with Crippen LogP contribution in [0.1, 0.15) is 53.7 Å². The maximum absolute atomic E-state index is 12.2. The van der Waals surface area contributed by atoms with Crippen LogP contribution in [-0.4, -0.2) is 28.9 Å². The quantitative estimate of drug-likeness (QED) is 0.790. The summed E-state index contributed by atoms with van der Waals surface area (Å²) in [7, 11) is 0. The summed E-state index contributed by atoms with van der Waals surface area (Å²) in [4.78, 5) is 28.8. The van der Waals surface area contributed by atoms with E-state index < -0.39 is 6.04 Å². The van der Waals surface area contributed by atoms with Crippen molar-refractivity contribution in [1.82, 2.24) is 10.3 Å². The van der Waals surface area contributed by atoms with Crippen LogP contribution in [0.4, 0.5) is 5.82 Å². The highest BCUT2D eigenvalue weighted by Crippen LogP contribution is 2.23. The number of aryl methyl sites for hydroxylation is 1. The third-order valence-electron chi connectivity index (χ3n) is 3.59. The highest BCUT2D eigenvalue weighted by Gasteiger charge is 2.21. The molecule has 0 aliphatic heterocycles. The molecule has 116 valence electrons. The van der Waals surface area contributed by atoms with E-state index in [0.717, 1.165) is 30.6 Å². The third-order valence-corrected chi connectivity index (χ3v) is 4.56. The van der Waals surface area contributed by atoms with Crippen molar-refractivity contribution < 1.29 is 9.59 Å². The van der Waals surface area contributed by atoms with Crippen LogP contribution in [-0.2, 0) is 4.79 Å². The number of nitrogens with zero attached hydrogens (tertiary/aromatic N) is 1. The predicted molar refractivity (Wildman–Crippen MR) is 83.5 cm³/mol. The Labute approximate surface area is 128 Å². The highest BCUT2D eigenvalue weighted by molar-refractivity contribution is 7.14. The number of nitrogens with one attached hydrogen (secondary N) is 2. The van der Waals surface area contributed by atoms with E-state index in [-0.39, 0.29) is 17.9 Å². The first-order valence-electron chi connectivity index (χ1n) is 7.32. The summed E-state index contributed by atoms with van der Waals surface area (Å²) in [5, 5.41) is 6.05. The number of carbonyl (C=O) groups is 2. The number of nitrogens with two attached hydrogens (primary N) is 1. The molecule has 0 aromatic carbocycles. The molecule has 1 atom stereocenters. The standard InChI is InChI=1S/C14H22N4O2S/c1-8(15)12(19)17-11-9(2)21-14(18-11)13(20)16-10-6-4-3-5-7-10/h8,10H,3-7,15H2,1-2H3,(H,16,20)(H,17,19). The molecule has 1 fully saturated rings. The van der Waals surface area contributed by atoms with Gasteiger partial charge >= 0.3 is 0 Å². The topological polar surface area (TPSA) is 97.1 Å². The number of carbonyl (C=O) groups excluding carboxylic acids is 2. The van der Waals surface area contributed by atoms with Gasteiger partial charge < -0.3 is 16.4 Å². The van der Waals surface area contributed by atoms with Crippen LogP contribution in [0.15, 0.2) is 0 Å². The molecular weight excluding hydrogens is 288 g/mol. The van der Waals surface area contributed by atoms with Gasteiger partial charge in [-0.05, 0) is 26.7 Å². The summed E-state index contributed by atoms with van der Waals surface area (Å²) in [6.07, 6.45) is 5.64. The number of aromatic nitrogens is 1. The van der Waals surface area contributed by atoms with Crippen LogP contribution in [0.2, 0.25) is 0 Å². The lowest BCUT2D eigenvalue weighted by Gasteiger charge is -2.22. The summed E-state index contributed by atoms with van der Waals surface area (Å²) in [5.41, 5.74) is 5.51. The van der Waals surface area contributed by atoms with E-state index in [1.165, 1.54) is 17.8 Å². The fourth-order valence-corrected chi connectivity index (χ4v) is 3.11. The third kappa shape index (κ3) is 4.25. The average molecular weight is 310 g/mol. The van der Waals surface area contributed by atoms with Crippen LogP contribution < -0.4 is 16.4 Å². The predicted octanol–water partition coefficient (Wildman–Crippen LogP) is 1.80. The normalized spacial score (nSPS) is 17.3. The Morgan fingerprint density at radius 3 is 2.62 bits per heavy atom. The minimum atomic E-state index is -0.606. The molecule has 1 unspecified atom stereocenters. The van der Waals surface area contributed by atoms with Crippen LogP contribution in [0, 0.1) is 6.92 Å². The van der Waals surface area contributed by atoms with Crippen molar-refractivity contribution in [2.45, 2.75) is 58.0 Å². The first-order valence-corrected chi connectivity index (χ1v) is 8.13. The van der Waals surface area contributed by atoms with E-state index in [4.69, 9.17) is 5.73 Å². The van der Waals surface area contributed by atoms with E-state index in [2.05, 4.69) is 15.6 Å². The summed E-state index contributed by atoms with van der Waals surface area (Å²) < 4.78 is 0. The van der Waals surface area contributed by atoms with Gasteiger partial charge in [-0.15, -0.1) is 11.3 Å². The smallest absolute Gasteiger partial charge is 0.280 e. The summed E-state index contributed by atoms with van der Waals surface area (Å²) >= 11 is 1.29. The second-order valence-corrected chi connectivity index (χ2v) is 6.71. The van der Waals surface area contributed by atoms with Gasteiger partial charge in [0.2, 0.25) is 5.91 Å². The fourth-order valence-electron chi connectivity index (χ4n) is 2.33. The number of rotatable bonds is 4. The molecule has 2 amide bonds. The number of thiazole rings is 1. The molecule has 1 saturated carbocycles. The lowest BCUT2D eigenvalue weighted by molar-refractivity contribution is -0.117. The number of amides is 2. The molecule has 1 aliphatic rings. The Morgan fingerprint density at radius 1 is 1.33 bits per heavy atom. The molecule has 1 aromatic heterocycles. The van der Waals surface area contributed by atoms with Crippen molar-refractivity contribution in [1.29, 1.82) is 0 Å². The van der Waals surface area contributed by atoms with E-state index in [0.29, 0.717) is 10.8 Å². The second kappa shape index (κ2) is 7.00. The lowest BCUT2D eigenvalue weighted by Crippen LogP contribution is -2.36. The zero-order chi connectivity index (χ0) is 15.4. The van der Waals surface area contributed by atoms with Crippen molar-refractivity contribution in [2.75, 3.05) is 5.32 Å². The van der Waals surface area contributed by atoms with E-state index in [1.807, 2.05) is 6.92 Å². The fraction of sp³-hybridized carbons (Fsp3) is 0.643. The molecule has 0 bridgehead atoms. The first kappa shape index (κ1) is 15.9. The molecule has 1 aliphatic carbocycles. The Kier molecular flexibility index (Phi) is 5.30. The molecule has 4 N–H and O–H groups in total. The van der Waals surface area contributed by atoms with Crippen molar-refractivity contribution >= 4 is 29.0 Å². The van der Waals surface area contributed by atoms with E-state index in [1.54, 1.807) is 6.92 Å². The van der Waals surface area contributed by atoms with Gasteiger partial charge in [-0.1, -0.05) is 19.3 Å². The molecule has 0 spiro atoms. The molecular formula is C14H22N4O2S. The Hall–Kier alpha value is -1.47. The maximum atomic E-state index is 12.2. The first-order chi connectivity index (χ1) is 9.97. The van der Waals surface area contributed by atoms with Crippen molar-refractivity contribution in [3.8, 4) is 0 Å². The van der Waals surface area contributed by atoms with Gasteiger partial charge in [0.1, 0.15) is 5.82 Å². The summed E-state index contributed by atoms with van der Waals surface area (Å²) in [6.45, 7) is 3.43. The van der Waals surface area contributed by atoms with Gasteiger partial charge in [-0.2, -0.15) is 0 Å². The maximum Gasteiger partial charge on any atom is 0.280 e. The molecule has 1 heterocycles. The Morgan fingerprint density at radius 2 is 2.00 bits per heavy atom. The minimum Gasteiger partial charge on any atom is -0.347 e. The lowest BCUT2D eigenvalue weighted by atomic mass is 9.95. The zero-order valence-corrected chi connectivity index (χ0v) is 13.3. The highest BCUT2D eigenvalue weighted by atomic mass is 32.1. The number of anilines is 1. The van der Waals surface area contributed by atoms with Crippen LogP contribution in [0.5, 0.6) is 0 Å². The average Bonchev–Trinajstić information content (AvgIpc) is 2.81. The van der Waals surface area contributed by atoms with Gasteiger partial charge in [0.15, 0.2) is 5.01 Å². The van der Waals surface area contributed by atoms with Gasteiger partial charge in [-0.25, -0.2) is 4.98 Å². The molecule has 0 saturated heterocycles. The number of hydrogen-bond acceptors (Lipinski definition) is 5. The molecule has 7 heteroatoms. The number of hydrogen-bond donors (Lipinski definition) is 3. The van der Waals surface area contributed by atoms with Crippen LogP contribution >= 0.6 is 11.3 Å². The molecule has 0 radical (unpaired) electrons. The van der Waals surface area contributed by atoms with Gasteiger partial charge in [0.05, 0.1) is 6.04 Å². The monoisotopic (exact) mass is 310 g/mol.